The summed E-state index contributed by atoms with van der Waals surface area (Å²) in [6.07, 6.45) is 1.71. The zero-order chi connectivity index (χ0) is 21.1. The van der Waals surface area contributed by atoms with Crippen molar-refractivity contribution < 1.29 is 24.2 Å². The average Bonchev–Trinajstić information content (AvgIpc) is 2.98. The number of ether oxygens (including phenoxy) is 2. The van der Waals surface area contributed by atoms with Gasteiger partial charge in [0.15, 0.2) is 16.7 Å². The van der Waals surface area contributed by atoms with Crippen LogP contribution in [0.4, 0.5) is 5.69 Å². The highest BCUT2D eigenvalue weighted by Gasteiger charge is 2.30. The molecule has 0 saturated carbocycles. The van der Waals surface area contributed by atoms with Gasteiger partial charge in [0.1, 0.15) is 0 Å². The quantitative estimate of drug-likeness (QED) is 0.525. The number of phenols is 1. The van der Waals surface area contributed by atoms with E-state index in [9.17, 15) is 14.7 Å². The summed E-state index contributed by atoms with van der Waals surface area (Å²) in [5.74, 6) is -0.319. The number of amidine groups is 1. The van der Waals surface area contributed by atoms with E-state index in [1.54, 1.807) is 49.5 Å². The number of aromatic hydroxyl groups is 1. The van der Waals surface area contributed by atoms with Crippen molar-refractivity contribution in [2.45, 2.75) is 0 Å². The van der Waals surface area contributed by atoms with Crippen molar-refractivity contribution in [1.29, 1.82) is 0 Å². The molecule has 1 saturated heterocycles. The van der Waals surface area contributed by atoms with E-state index in [0.717, 1.165) is 0 Å². The van der Waals surface area contributed by atoms with E-state index < -0.39 is 5.97 Å². The normalized spacial score (nSPS) is 16.6. The van der Waals surface area contributed by atoms with Crippen LogP contribution in [0, 0.1) is 0 Å². The van der Waals surface area contributed by atoms with E-state index in [1.807, 2.05) is 0 Å². The summed E-state index contributed by atoms with van der Waals surface area (Å²) in [5, 5.41) is 10.4. The average molecular weight is 477 g/mol. The molecule has 2 aromatic carbocycles. The van der Waals surface area contributed by atoms with Gasteiger partial charge < -0.3 is 14.6 Å². The molecule has 1 aliphatic heterocycles. The molecule has 3 rings (SSSR count). The van der Waals surface area contributed by atoms with Crippen LogP contribution in [-0.4, -0.2) is 48.3 Å². The monoisotopic (exact) mass is 476 g/mol. The Bertz CT molecular complexity index is 1030. The van der Waals surface area contributed by atoms with Crippen LogP contribution in [0.15, 0.2) is 50.8 Å². The molecule has 29 heavy (non-hydrogen) atoms. The highest BCUT2D eigenvalue weighted by atomic mass is 79.9. The van der Waals surface area contributed by atoms with Gasteiger partial charge in [-0.1, -0.05) is 0 Å². The third kappa shape index (κ3) is 4.46. The number of hydrogen-bond acceptors (Lipinski definition) is 7. The summed E-state index contributed by atoms with van der Waals surface area (Å²) < 4.78 is 10.3. The van der Waals surface area contributed by atoms with E-state index in [4.69, 9.17) is 4.74 Å². The minimum Gasteiger partial charge on any atom is -0.503 e. The predicted molar refractivity (Wildman–Crippen MR) is 116 cm³/mol. The molecule has 7 nitrogen and oxygen atoms in total. The molecule has 1 amide bonds. The zero-order valence-electron chi connectivity index (χ0n) is 15.8. The van der Waals surface area contributed by atoms with Gasteiger partial charge in [0.2, 0.25) is 0 Å². The maximum absolute atomic E-state index is 12.6. The maximum Gasteiger partial charge on any atom is 0.337 e. The summed E-state index contributed by atoms with van der Waals surface area (Å²) in [6.45, 7) is 0. The number of benzene rings is 2. The van der Waals surface area contributed by atoms with Gasteiger partial charge in [0, 0.05) is 7.05 Å². The number of amides is 1. The van der Waals surface area contributed by atoms with Crippen LogP contribution in [0.1, 0.15) is 15.9 Å². The number of carbonyl (C=O) groups is 2. The van der Waals surface area contributed by atoms with Crippen molar-refractivity contribution in [1.82, 2.24) is 4.90 Å². The number of carbonyl (C=O) groups excluding carboxylic acids is 2. The Morgan fingerprint density at radius 3 is 2.55 bits per heavy atom. The first-order valence-corrected chi connectivity index (χ1v) is 9.96. The minimum absolute atomic E-state index is 0.00479. The van der Waals surface area contributed by atoms with Crippen LogP contribution >= 0.6 is 27.7 Å². The fourth-order valence-electron chi connectivity index (χ4n) is 2.54. The number of rotatable bonds is 4. The first-order valence-electron chi connectivity index (χ1n) is 8.35. The van der Waals surface area contributed by atoms with E-state index in [2.05, 4.69) is 25.7 Å². The SMILES string of the molecule is COC(=O)c1ccc(N=C2S/C(=C\c3cc(Br)c(O)c(OC)c3)C(=O)N2C)cc1. The molecule has 0 aliphatic carbocycles. The number of esters is 1. The molecular weight excluding hydrogens is 460 g/mol. The van der Waals surface area contributed by atoms with E-state index in [0.29, 0.717) is 37.1 Å². The molecule has 9 heteroatoms. The highest BCUT2D eigenvalue weighted by molar-refractivity contribution is 9.10. The topological polar surface area (TPSA) is 88.4 Å². The van der Waals surface area contributed by atoms with Crippen molar-refractivity contribution in [2.75, 3.05) is 21.3 Å². The van der Waals surface area contributed by atoms with Gasteiger partial charge in [-0.25, -0.2) is 9.79 Å². The van der Waals surface area contributed by atoms with Gasteiger partial charge in [-0.3, -0.25) is 9.69 Å². The molecule has 0 bridgehead atoms. The van der Waals surface area contributed by atoms with Crippen LogP contribution in [0.25, 0.3) is 6.08 Å². The van der Waals surface area contributed by atoms with Crippen molar-refractivity contribution in [3.8, 4) is 11.5 Å². The first kappa shape index (κ1) is 20.9. The van der Waals surface area contributed by atoms with Crippen LogP contribution in [0.5, 0.6) is 11.5 Å². The molecule has 1 aliphatic rings. The summed E-state index contributed by atoms with van der Waals surface area (Å²) in [5.41, 5.74) is 1.72. The van der Waals surface area contributed by atoms with Crippen molar-refractivity contribution in [3.63, 3.8) is 0 Å². The summed E-state index contributed by atoms with van der Waals surface area (Å²) in [4.78, 5) is 30.6. The Labute approximate surface area is 180 Å². The molecule has 0 radical (unpaired) electrons. The number of phenolic OH excluding ortho intramolecular Hbond substituents is 1. The van der Waals surface area contributed by atoms with Crippen LogP contribution < -0.4 is 4.74 Å². The molecule has 0 spiro atoms. The summed E-state index contributed by atoms with van der Waals surface area (Å²) >= 11 is 4.51. The molecule has 1 N–H and O–H groups in total. The van der Waals surface area contributed by atoms with Gasteiger partial charge in [-0.15, -0.1) is 0 Å². The smallest absolute Gasteiger partial charge is 0.337 e. The number of thioether (sulfide) groups is 1. The predicted octanol–water partition coefficient (Wildman–Crippen LogP) is 4.18. The lowest BCUT2D eigenvalue weighted by Crippen LogP contribution is -2.23. The Morgan fingerprint density at radius 1 is 1.24 bits per heavy atom. The third-order valence-corrected chi connectivity index (χ3v) is 5.75. The maximum atomic E-state index is 12.6. The van der Waals surface area contributed by atoms with Gasteiger partial charge in [0.05, 0.1) is 34.8 Å². The number of nitrogens with zero attached hydrogens (tertiary/aromatic N) is 2. The van der Waals surface area contributed by atoms with Crippen LogP contribution in [0.2, 0.25) is 0 Å². The number of likely N-dealkylation sites (N-methyl/N-ethyl adjacent to an activating group) is 1. The van der Waals surface area contributed by atoms with E-state index >= 15 is 0 Å². The lowest BCUT2D eigenvalue weighted by atomic mass is 10.2. The van der Waals surface area contributed by atoms with Crippen LogP contribution in [-0.2, 0) is 9.53 Å². The highest BCUT2D eigenvalue weighted by Crippen LogP contribution is 2.38. The minimum atomic E-state index is -0.424. The number of aliphatic imine (C=N–C) groups is 1. The Hall–Kier alpha value is -2.78. The van der Waals surface area contributed by atoms with Gasteiger partial charge in [-0.05, 0) is 75.7 Å². The standard InChI is InChI=1S/C20H17BrN2O5S/c1-23-18(25)16(10-11-8-14(21)17(24)15(9-11)27-2)29-20(23)22-13-6-4-12(5-7-13)19(26)28-3/h4-10,24H,1-3H3/b16-10-,22-20?. The van der Waals surface area contributed by atoms with Gasteiger partial charge in [0.25, 0.3) is 5.91 Å². The Balaban J connectivity index is 1.88. The largest absolute Gasteiger partial charge is 0.503 e. The lowest BCUT2D eigenvalue weighted by molar-refractivity contribution is -0.121. The first-order chi connectivity index (χ1) is 13.8. The number of hydrogen-bond donors (Lipinski definition) is 1. The third-order valence-electron chi connectivity index (χ3n) is 4.09. The second kappa shape index (κ2) is 8.71. The zero-order valence-corrected chi connectivity index (χ0v) is 18.2. The fraction of sp³-hybridized carbons (Fsp3) is 0.150. The number of halogens is 1. The van der Waals surface area contributed by atoms with Crippen LogP contribution in [0.3, 0.4) is 0 Å². The van der Waals surface area contributed by atoms with Crippen molar-refractivity contribution >= 4 is 56.5 Å². The molecular formula is C20H17BrN2O5S. The molecule has 0 atom stereocenters. The molecule has 1 heterocycles. The summed E-state index contributed by atoms with van der Waals surface area (Å²) in [7, 11) is 4.42. The molecule has 1 fully saturated rings. The van der Waals surface area contributed by atoms with E-state index in [1.165, 1.54) is 30.9 Å². The lowest BCUT2D eigenvalue weighted by Gasteiger charge is -2.07. The molecule has 0 aromatic heterocycles. The Morgan fingerprint density at radius 2 is 1.93 bits per heavy atom. The van der Waals surface area contributed by atoms with Crippen molar-refractivity contribution in [3.05, 3.63) is 56.9 Å². The summed E-state index contributed by atoms with van der Waals surface area (Å²) in [6, 6.07) is 9.93. The molecule has 0 unspecified atom stereocenters. The second-order valence-electron chi connectivity index (χ2n) is 5.96. The number of methoxy groups -OCH3 is 2. The van der Waals surface area contributed by atoms with Gasteiger partial charge >= 0.3 is 5.97 Å². The molecule has 150 valence electrons. The fourth-order valence-corrected chi connectivity index (χ4v) is 3.98. The Kier molecular flexibility index (Phi) is 6.29. The van der Waals surface area contributed by atoms with Gasteiger partial charge in [-0.2, -0.15) is 0 Å². The van der Waals surface area contributed by atoms with Crippen molar-refractivity contribution in [2.24, 2.45) is 4.99 Å². The van der Waals surface area contributed by atoms with E-state index in [-0.39, 0.29) is 11.7 Å². The molecule has 2 aromatic rings. The second-order valence-corrected chi connectivity index (χ2v) is 7.82.